The minimum atomic E-state index is -0.680. The zero-order valence-corrected chi connectivity index (χ0v) is 13.9. The molecular weight excluding hydrogens is 355 g/mol. The van der Waals surface area contributed by atoms with Crippen LogP contribution in [0.2, 0.25) is 0 Å². The van der Waals surface area contributed by atoms with E-state index in [1.807, 2.05) is 32.0 Å². The molecule has 0 fully saturated rings. The molecule has 4 heteroatoms. The smallest absolute Gasteiger partial charge is 0.313 e. The van der Waals surface area contributed by atoms with Crippen LogP contribution in [0.15, 0.2) is 18.2 Å². The number of carbonyl (C=O) groups excluding carboxylic acids is 2. The largest absolute Gasteiger partial charge is 0.469 e. The highest BCUT2D eigenvalue weighted by molar-refractivity contribution is 14.1. The van der Waals surface area contributed by atoms with Gasteiger partial charge >= 0.3 is 5.97 Å². The Hall–Kier alpha value is -0.910. The maximum Gasteiger partial charge on any atom is 0.313 e. The van der Waals surface area contributed by atoms with E-state index in [0.717, 1.165) is 15.6 Å². The van der Waals surface area contributed by atoms with Gasteiger partial charge in [-0.05, 0) is 60.1 Å². The van der Waals surface area contributed by atoms with Gasteiger partial charge in [0.1, 0.15) is 6.42 Å². The lowest BCUT2D eigenvalue weighted by Crippen LogP contribution is -2.31. The van der Waals surface area contributed by atoms with Gasteiger partial charge in [0.15, 0.2) is 5.78 Å². The van der Waals surface area contributed by atoms with Crippen molar-refractivity contribution in [3.05, 3.63) is 32.9 Å². The summed E-state index contributed by atoms with van der Waals surface area (Å²) in [4.78, 5) is 23.4. The van der Waals surface area contributed by atoms with Gasteiger partial charge in [0.25, 0.3) is 0 Å². The molecule has 1 aromatic carbocycles. The van der Waals surface area contributed by atoms with Crippen molar-refractivity contribution in [1.82, 2.24) is 0 Å². The lowest BCUT2D eigenvalue weighted by Gasteiger charge is -2.24. The number of ketones is 1. The van der Waals surface area contributed by atoms with Gasteiger partial charge in [-0.1, -0.05) is 19.1 Å². The maximum absolute atomic E-state index is 12.2. The number of hydrogen-bond acceptors (Lipinski definition) is 3. The Kier molecular flexibility index (Phi) is 5.52. The maximum atomic E-state index is 12.2. The Morgan fingerprint density at radius 2 is 1.95 bits per heavy atom. The first kappa shape index (κ1) is 16.1. The van der Waals surface area contributed by atoms with Crippen molar-refractivity contribution in [2.45, 2.75) is 39.0 Å². The quantitative estimate of drug-likeness (QED) is 0.452. The van der Waals surface area contributed by atoms with E-state index in [0.29, 0.717) is 0 Å². The van der Waals surface area contributed by atoms with E-state index in [1.54, 1.807) is 0 Å². The molecule has 0 saturated carbocycles. The van der Waals surface area contributed by atoms with Crippen molar-refractivity contribution in [1.29, 1.82) is 0 Å². The van der Waals surface area contributed by atoms with Gasteiger partial charge in [-0.25, -0.2) is 0 Å². The first-order valence-corrected chi connectivity index (χ1v) is 7.29. The molecule has 0 saturated heterocycles. The predicted molar refractivity (Wildman–Crippen MR) is 83.2 cm³/mol. The summed E-state index contributed by atoms with van der Waals surface area (Å²) in [5, 5.41) is 0. The Bertz CT molecular complexity index is 492. The molecule has 0 N–H and O–H groups in total. The van der Waals surface area contributed by atoms with Crippen LogP contribution in [0.25, 0.3) is 0 Å². The first-order valence-electron chi connectivity index (χ1n) is 6.22. The zero-order valence-electron chi connectivity index (χ0n) is 11.7. The van der Waals surface area contributed by atoms with Crippen molar-refractivity contribution in [2.75, 3.05) is 7.11 Å². The SMILES string of the molecule is CCc1ccc(C(C)(C)C(=O)CC(=O)OC)cc1I. The monoisotopic (exact) mass is 374 g/mol. The molecule has 0 unspecified atom stereocenters. The molecule has 1 aromatic rings. The molecule has 0 radical (unpaired) electrons. The van der Waals surface area contributed by atoms with Crippen molar-refractivity contribution >= 4 is 34.3 Å². The van der Waals surface area contributed by atoms with E-state index in [1.165, 1.54) is 12.7 Å². The van der Waals surface area contributed by atoms with Crippen LogP contribution in [0.4, 0.5) is 0 Å². The van der Waals surface area contributed by atoms with Crippen LogP contribution in [0.1, 0.15) is 38.3 Å². The summed E-state index contributed by atoms with van der Waals surface area (Å²) in [7, 11) is 1.29. The van der Waals surface area contributed by atoms with Gasteiger partial charge in [0, 0.05) is 8.99 Å². The van der Waals surface area contributed by atoms with Gasteiger partial charge in [0.2, 0.25) is 0 Å². The van der Waals surface area contributed by atoms with E-state index in [9.17, 15) is 9.59 Å². The van der Waals surface area contributed by atoms with Crippen molar-refractivity contribution in [3.63, 3.8) is 0 Å². The Morgan fingerprint density at radius 1 is 1.32 bits per heavy atom. The summed E-state index contributed by atoms with van der Waals surface area (Å²) in [6.45, 7) is 5.79. The van der Waals surface area contributed by atoms with Crippen LogP contribution in [0.5, 0.6) is 0 Å². The third kappa shape index (κ3) is 3.78. The number of carbonyl (C=O) groups is 2. The normalized spacial score (nSPS) is 11.2. The van der Waals surface area contributed by atoms with E-state index < -0.39 is 11.4 Å². The minimum Gasteiger partial charge on any atom is -0.469 e. The Balaban J connectivity index is 3.02. The molecular formula is C15H19IO3. The first-order chi connectivity index (χ1) is 8.82. The Labute approximate surface area is 127 Å². The van der Waals surface area contributed by atoms with Crippen LogP contribution < -0.4 is 0 Å². The number of aryl methyl sites for hydroxylation is 1. The van der Waals surface area contributed by atoms with Gasteiger partial charge in [-0.2, -0.15) is 0 Å². The highest BCUT2D eigenvalue weighted by Crippen LogP contribution is 2.28. The molecule has 0 atom stereocenters. The van der Waals surface area contributed by atoms with E-state index in [-0.39, 0.29) is 12.2 Å². The molecule has 1 rings (SSSR count). The molecule has 104 valence electrons. The molecule has 19 heavy (non-hydrogen) atoms. The zero-order chi connectivity index (χ0) is 14.6. The Morgan fingerprint density at radius 3 is 2.42 bits per heavy atom. The van der Waals surface area contributed by atoms with Gasteiger partial charge in [-0.15, -0.1) is 0 Å². The van der Waals surface area contributed by atoms with Crippen molar-refractivity contribution in [3.8, 4) is 0 Å². The molecule has 0 aliphatic heterocycles. The summed E-state index contributed by atoms with van der Waals surface area (Å²) < 4.78 is 5.70. The summed E-state index contributed by atoms with van der Waals surface area (Å²) in [5.74, 6) is -0.614. The van der Waals surface area contributed by atoms with Crippen LogP contribution in [-0.2, 0) is 26.2 Å². The third-order valence-electron chi connectivity index (χ3n) is 3.39. The number of esters is 1. The van der Waals surface area contributed by atoms with Crippen molar-refractivity contribution in [2.24, 2.45) is 0 Å². The van der Waals surface area contributed by atoms with E-state index in [2.05, 4.69) is 34.3 Å². The predicted octanol–water partition coefficient (Wildman–Crippen LogP) is 3.26. The highest BCUT2D eigenvalue weighted by Gasteiger charge is 2.31. The van der Waals surface area contributed by atoms with Gasteiger partial charge in [-0.3, -0.25) is 9.59 Å². The van der Waals surface area contributed by atoms with Crippen LogP contribution in [-0.4, -0.2) is 18.9 Å². The van der Waals surface area contributed by atoms with Crippen LogP contribution in [0, 0.1) is 3.57 Å². The number of hydrogen-bond donors (Lipinski definition) is 0. The van der Waals surface area contributed by atoms with E-state index in [4.69, 9.17) is 0 Å². The fourth-order valence-corrected chi connectivity index (χ4v) is 2.70. The number of methoxy groups -OCH3 is 1. The second-order valence-electron chi connectivity index (χ2n) is 4.96. The van der Waals surface area contributed by atoms with E-state index >= 15 is 0 Å². The summed E-state index contributed by atoms with van der Waals surface area (Å²) in [6.07, 6.45) is 0.782. The lowest BCUT2D eigenvalue weighted by molar-refractivity contribution is -0.144. The number of benzene rings is 1. The minimum absolute atomic E-state index is 0.126. The highest BCUT2D eigenvalue weighted by atomic mass is 127. The summed E-state index contributed by atoms with van der Waals surface area (Å²) >= 11 is 2.28. The van der Waals surface area contributed by atoms with Gasteiger partial charge in [0.05, 0.1) is 7.11 Å². The molecule has 3 nitrogen and oxygen atoms in total. The lowest BCUT2D eigenvalue weighted by atomic mass is 9.79. The topological polar surface area (TPSA) is 43.4 Å². The second-order valence-corrected chi connectivity index (χ2v) is 6.12. The fraction of sp³-hybridized carbons (Fsp3) is 0.467. The molecule has 0 aliphatic rings. The molecule has 0 heterocycles. The standard InChI is InChI=1S/C15H19IO3/c1-5-10-6-7-11(8-12(10)16)15(2,3)13(17)9-14(18)19-4/h6-8H,5,9H2,1-4H3. The fourth-order valence-electron chi connectivity index (χ4n) is 1.81. The molecule has 0 aliphatic carbocycles. The number of Topliss-reactive ketones (excluding diaryl/α,β-unsaturated/α-hetero) is 1. The number of rotatable bonds is 5. The number of halogens is 1. The summed E-state index contributed by atoms with van der Waals surface area (Å²) in [6, 6.07) is 6.04. The molecule has 0 amide bonds. The van der Waals surface area contributed by atoms with Crippen LogP contribution >= 0.6 is 22.6 Å². The van der Waals surface area contributed by atoms with Gasteiger partial charge < -0.3 is 4.74 Å². The van der Waals surface area contributed by atoms with Crippen molar-refractivity contribution < 1.29 is 14.3 Å². The molecule has 0 bridgehead atoms. The third-order valence-corrected chi connectivity index (χ3v) is 4.39. The van der Waals surface area contributed by atoms with Crippen LogP contribution in [0.3, 0.4) is 0 Å². The molecule has 0 spiro atoms. The average molecular weight is 374 g/mol. The average Bonchev–Trinajstić information content (AvgIpc) is 2.38. The summed E-state index contributed by atoms with van der Waals surface area (Å²) in [5.41, 5.74) is 1.52. The molecule has 0 aromatic heterocycles. The number of ether oxygens (including phenoxy) is 1. The second kappa shape index (κ2) is 6.50.